The van der Waals surface area contributed by atoms with Crippen molar-refractivity contribution in [1.29, 1.82) is 0 Å². The van der Waals surface area contributed by atoms with Crippen molar-refractivity contribution in [2.45, 2.75) is 19.9 Å². The van der Waals surface area contributed by atoms with E-state index in [0.29, 0.717) is 6.04 Å². The van der Waals surface area contributed by atoms with Crippen LogP contribution in [0.5, 0.6) is 0 Å². The molecule has 0 bridgehead atoms. The average molecular weight is 254 g/mol. The highest BCUT2D eigenvalue weighted by atomic mass is 35.5. The summed E-state index contributed by atoms with van der Waals surface area (Å²) in [6, 6.07) is 7.97. The molecule has 0 spiro atoms. The summed E-state index contributed by atoms with van der Waals surface area (Å²) in [5.74, 6) is 0. The third-order valence-electron chi connectivity index (χ3n) is 1.93. The van der Waals surface area contributed by atoms with Crippen LogP contribution < -0.4 is 5.32 Å². The fourth-order valence-corrected chi connectivity index (χ4v) is 2.26. The molecule has 84 valence electrons. The zero-order chi connectivity index (χ0) is 11.5. The van der Waals surface area contributed by atoms with E-state index in [9.17, 15) is 0 Å². The number of anilines is 1. The fourth-order valence-electron chi connectivity index (χ4n) is 1.24. The van der Waals surface area contributed by atoms with Gasteiger partial charge in [-0.25, -0.2) is 0 Å². The molecule has 0 saturated carbocycles. The molecule has 3 nitrogen and oxygen atoms in total. The van der Waals surface area contributed by atoms with Crippen LogP contribution in [0, 0.1) is 0 Å². The van der Waals surface area contributed by atoms with Crippen molar-refractivity contribution < 1.29 is 0 Å². The Morgan fingerprint density at radius 3 is 2.50 bits per heavy atom. The van der Waals surface area contributed by atoms with Gasteiger partial charge in [0, 0.05) is 16.6 Å². The van der Waals surface area contributed by atoms with Gasteiger partial charge in [0.05, 0.1) is 0 Å². The average Bonchev–Trinajstić information content (AvgIpc) is 2.66. The standard InChI is InChI=1S/C11H12ClN3S/c1-7(2)13-11-15-14-10(16-11)8-3-5-9(12)6-4-8/h3-7H,1-2H3,(H,13,15). The van der Waals surface area contributed by atoms with E-state index in [-0.39, 0.29) is 0 Å². The maximum absolute atomic E-state index is 5.83. The summed E-state index contributed by atoms with van der Waals surface area (Å²) in [6.07, 6.45) is 0. The molecular weight excluding hydrogens is 242 g/mol. The second-order valence-electron chi connectivity index (χ2n) is 3.72. The van der Waals surface area contributed by atoms with Gasteiger partial charge in [-0.3, -0.25) is 0 Å². The highest BCUT2D eigenvalue weighted by Gasteiger charge is 2.06. The van der Waals surface area contributed by atoms with Gasteiger partial charge in [-0.1, -0.05) is 35.1 Å². The van der Waals surface area contributed by atoms with Crippen molar-refractivity contribution in [3.05, 3.63) is 29.3 Å². The van der Waals surface area contributed by atoms with E-state index < -0.39 is 0 Å². The summed E-state index contributed by atoms with van der Waals surface area (Å²) in [7, 11) is 0. The minimum absolute atomic E-state index is 0.367. The summed E-state index contributed by atoms with van der Waals surface area (Å²) in [4.78, 5) is 0. The first-order valence-corrected chi connectivity index (χ1v) is 6.20. The van der Waals surface area contributed by atoms with Gasteiger partial charge >= 0.3 is 0 Å². The molecule has 5 heteroatoms. The molecule has 16 heavy (non-hydrogen) atoms. The number of aromatic nitrogens is 2. The van der Waals surface area contributed by atoms with Crippen molar-refractivity contribution >= 4 is 28.1 Å². The number of benzene rings is 1. The number of nitrogens with zero attached hydrogens (tertiary/aromatic N) is 2. The van der Waals surface area contributed by atoms with E-state index in [1.54, 1.807) is 11.3 Å². The molecule has 1 aromatic heterocycles. The Morgan fingerprint density at radius 2 is 1.88 bits per heavy atom. The minimum Gasteiger partial charge on any atom is -0.358 e. The molecule has 1 aromatic carbocycles. The number of rotatable bonds is 3. The first-order valence-electron chi connectivity index (χ1n) is 5.01. The lowest BCUT2D eigenvalue weighted by atomic mass is 10.2. The molecule has 0 aliphatic heterocycles. The maximum Gasteiger partial charge on any atom is 0.206 e. The smallest absolute Gasteiger partial charge is 0.206 e. The summed E-state index contributed by atoms with van der Waals surface area (Å²) in [5.41, 5.74) is 1.04. The Kier molecular flexibility index (Phi) is 3.41. The molecular formula is C11H12ClN3S. The predicted octanol–water partition coefficient (Wildman–Crippen LogP) is 3.68. The first kappa shape index (κ1) is 11.4. The monoisotopic (exact) mass is 253 g/mol. The zero-order valence-electron chi connectivity index (χ0n) is 9.07. The molecule has 1 N–H and O–H groups in total. The molecule has 0 saturated heterocycles. The van der Waals surface area contributed by atoms with Crippen LogP contribution in [0.3, 0.4) is 0 Å². The summed E-state index contributed by atoms with van der Waals surface area (Å²) >= 11 is 7.37. The van der Waals surface area contributed by atoms with Gasteiger partial charge < -0.3 is 5.32 Å². The van der Waals surface area contributed by atoms with Crippen LogP contribution in [0.15, 0.2) is 24.3 Å². The normalized spacial score (nSPS) is 10.8. The fraction of sp³-hybridized carbons (Fsp3) is 0.273. The molecule has 0 aliphatic carbocycles. The van der Waals surface area contributed by atoms with Crippen molar-refractivity contribution in [2.75, 3.05) is 5.32 Å². The van der Waals surface area contributed by atoms with Gasteiger partial charge in [-0.2, -0.15) is 0 Å². The van der Waals surface area contributed by atoms with Gasteiger partial charge in [0.2, 0.25) is 5.13 Å². The van der Waals surface area contributed by atoms with Gasteiger partial charge in [-0.05, 0) is 26.0 Å². The maximum atomic E-state index is 5.83. The van der Waals surface area contributed by atoms with Crippen LogP contribution in [0.25, 0.3) is 10.6 Å². The molecule has 0 unspecified atom stereocenters. The van der Waals surface area contributed by atoms with Crippen LogP contribution in [0.2, 0.25) is 5.02 Å². The third kappa shape index (κ3) is 2.71. The minimum atomic E-state index is 0.367. The van der Waals surface area contributed by atoms with Crippen LogP contribution in [0.4, 0.5) is 5.13 Å². The van der Waals surface area contributed by atoms with Gasteiger partial charge in [0.1, 0.15) is 5.01 Å². The topological polar surface area (TPSA) is 37.8 Å². The summed E-state index contributed by atoms with van der Waals surface area (Å²) in [5, 5.41) is 13.9. The predicted molar refractivity (Wildman–Crippen MR) is 69.1 cm³/mol. The zero-order valence-corrected chi connectivity index (χ0v) is 10.6. The third-order valence-corrected chi connectivity index (χ3v) is 3.08. The van der Waals surface area contributed by atoms with Gasteiger partial charge in [0.15, 0.2) is 0 Å². The SMILES string of the molecule is CC(C)Nc1nnc(-c2ccc(Cl)cc2)s1. The quantitative estimate of drug-likeness (QED) is 0.907. The van der Waals surface area contributed by atoms with E-state index >= 15 is 0 Å². The van der Waals surface area contributed by atoms with Crippen molar-refractivity contribution in [2.24, 2.45) is 0 Å². The van der Waals surface area contributed by atoms with Crippen molar-refractivity contribution in [3.8, 4) is 10.6 Å². The van der Waals surface area contributed by atoms with Crippen LogP contribution in [0.1, 0.15) is 13.8 Å². The van der Waals surface area contributed by atoms with Crippen LogP contribution >= 0.6 is 22.9 Å². The molecule has 2 aromatic rings. The Bertz CT molecular complexity index is 464. The summed E-state index contributed by atoms with van der Waals surface area (Å²) < 4.78 is 0. The Morgan fingerprint density at radius 1 is 1.19 bits per heavy atom. The highest BCUT2D eigenvalue weighted by molar-refractivity contribution is 7.18. The molecule has 1 heterocycles. The number of hydrogen-bond donors (Lipinski definition) is 1. The van der Waals surface area contributed by atoms with E-state index in [0.717, 1.165) is 20.7 Å². The van der Waals surface area contributed by atoms with Crippen LogP contribution in [-0.4, -0.2) is 16.2 Å². The van der Waals surface area contributed by atoms with Gasteiger partial charge in [-0.15, -0.1) is 10.2 Å². The van der Waals surface area contributed by atoms with E-state index in [4.69, 9.17) is 11.6 Å². The molecule has 0 radical (unpaired) electrons. The lowest BCUT2D eigenvalue weighted by Gasteiger charge is -2.03. The molecule has 0 aliphatic rings. The molecule has 0 fully saturated rings. The Hall–Kier alpha value is -1.13. The van der Waals surface area contributed by atoms with Gasteiger partial charge in [0.25, 0.3) is 0 Å². The Balaban J connectivity index is 2.21. The first-order chi connectivity index (χ1) is 7.65. The lowest BCUT2D eigenvalue weighted by Crippen LogP contribution is -2.08. The highest BCUT2D eigenvalue weighted by Crippen LogP contribution is 2.27. The molecule has 0 amide bonds. The Labute approximate surface area is 103 Å². The summed E-state index contributed by atoms with van der Waals surface area (Å²) in [6.45, 7) is 4.15. The van der Waals surface area contributed by atoms with Crippen molar-refractivity contribution in [3.63, 3.8) is 0 Å². The molecule has 2 rings (SSSR count). The number of nitrogens with one attached hydrogen (secondary N) is 1. The van der Waals surface area contributed by atoms with Crippen molar-refractivity contribution in [1.82, 2.24) is 10.2 Å². The van der Waals surface area contributed by atoms with E-state index in [2.05, 4.69) is 29.4 Å². The second kappa shape index (κ2) is 4.80. The number of hydrogen-bond acceptors (Lipinski definition) is 4. The largest absolute Gasteiger partial charge is 0.358 e. The van der Waals surface area contributed by atoms with E-state index in [1.807, 2.05) is 24.3 Å². The lowest BCUT2D eigenvalue weighted by molar-refractivity contribution is 0.888. The molecule has 0 atom stereocenters. The van der Waals surface area contributed by atoms with Crippen LogP contribution in [-0.2, 0) is 0 Å². The van der Waals surface area contributed by atoms with E-state index in [1.165, 1.54) is 0 Å². The number of halogens is 1. The second-order valence-corrected chi connectivity index (χ2v) is 5.13.